The Labute approximate surface area is 177 Å². The van der Waals surface area contributed by atoms with Crippen molar-refractivity contribution in [3.63, 3.8) is 0 Å². The van der Waals surface area contributed by atoms with Crippen LogP contribution in [-0.4, -0.2) is 84.9 Å². The molecule has 3 amide bonds. The summed E-state index contributed by atoms with van der Waals surface area (Å²) in [7, 11) is 1.56. The van der Waals surface area contributed by atoms with Gasteiger partial charge in [-0.15, -0.1) is 0 Å². The topological polar surface area (TPSA) is 79.4 Å². The average Bonchev–Trinajstić information content (AvgIpc) is 2.97. The van der Waals surface area contributed by atoms with Gasteiger partial charge in [-0.05, 0) is 32.4 Å². The minimum absolute atomic E-state index is 0.0195. The van der Waals surface area contributed by atoms with E-state index in [-0.39, 0.29) is 42.7 Å². The molecule has 164 valence electrons. The Balaban J connectivity index is 1.51. The van der Waals surface area contributed by atoms with Gasteiger partial charge in [-0.25, -0.2) is 0 Å². The quantitative estimate of drug-likeness (QED) is 0.699. The highest BCUT2D eigenvalue weighted by molar-refractivity contribution is 5.89. The summed E-state index contributed by atoms with van der Waals surface area (Å²) in [5.41, 5.74) is 0. The minimum atomic E-state index is -0.281. The van der Waals surface area contributed by atoms with E-state index in [4.69, 9.17) is 9.47 Å². The van der Waals surface area contributed by atoms with E-state index < -0.39 is 0 Å². The summed E-state index contributed by atoms with van der Waals surface area (Å²) in [5.74, 6) is 0.780. The number of nitrogens with zero attached hydrogens (tertiary/aromatic N) is 3. The van der Waals surface area contributed by atoms with Gasteiger partial charge in [0.25, 0.3) is 5.91 Å². The molecule has 2 heterocycles. The normalized spacial score (nSPS) is 19.8. The van der Waals surface area contributed by atoms with E-state index in [1.807, 2.05) is 26.0 Å². The number of carbonyl (C=O) groups is 3. The lowest BCUT2D eigenvalue weighted by Crippen LogP contribution is -2.42. The molecule has 0 bridgehead atoms. The van der Waals surface area contributed by atoms with Gasteiger partial charge in [-0.3, -0.25) is 14.4 Å². The fraction of sp³-hybridized carbons (Fsp3) is 0.591. The molecule has 0 N–H and O–H groups in total. The average molecular weight is 418 g/mol. The van der Waals surface area contributed by atoms with Gasteiger partial charge in [0.05, 0.1) is 13.0 Å². The van der Waals surface area contributed by atoms with Crippen LogP contribution in [0, 0.1) is 5.92 Å². The first-order valence-corrected chi connectivity index (χ1v) is 10.5. The van der Waals surface area contributed by atoms with E-state index in [1.165, 1.54) is 0 Å². The second-order valence-electron chi connectivity index (χ2n) is 8.04. The molecular weight excluding hydrogens is 386 g/mol. The van der Waals surface area contributed by atoms with Crippen LogP contribution in [0.25, 0.3) is 0 Å². The monoisotopic (exact) mass is 417 g/mol. The molecule has 0 radical (unpaired) electrons. The molecule has 30 heavy (non-hydrogen) atoms. The van der Waals surface area contributed by atoms with Gasteiger partial charge in [0.15, 0.2) is 18.1 Å². The van der Waals surface area contributed by atoms with Gasteiger partial charge in [-0.2, -0.15) is 0 Å². The van der Waals surface area contributed by atoms with Crippen molar-refractivity contribution in [3.8, 4) is 11.5 Å². The maximum Gasteiger partial charge on any atom is 0.260 e. The fourth-order valence-corrected chi connectivity index (χ4v) is 4.01. The molecule has 1 atom stereocenters. The molecule has 0 aromatic heterocycles. The molecule has 2 fully saturated rings. The molecule has 2 aliphatic rings. The molecule has 1 aromatic rings. The zero-order chi connectivity index (χ0) is 21.7. The van der Waals surface area contributed by atoms with Gasteiger partial charge >= 0.3 is 0 Å². The van der Waals surface area contributed by atoms with Crippen LogP contribution >= 0.6 is 0 Å². The zero-order valence-electron chi connectivity index (χ0n) is 18.0. The molecule has 0 spiro atoms. The van der Waals surface area contributed by atoms with Crippen molar-refractivity contribution < 1.29 is 23.9 Å². The molecule has 3 rings (SSSR count). The molecule has 2 saturated heterocycles. The van der Waals surface area contributed by atoms with Crippen molar-refractivity contribution in [2.75, 3.05) is 46.4 Å². The SMILES string of the molecule is COc1ccccc1OCC(=O)N1CCCN(C(=O)C2CC(=O)N(C(C)C)C2)CC1. The second-order valence-corrected chi connectivity index (χ2v) is 8.04. The Morgan fingerprint density at radius 1 is 1.07 bits per heavy atom. The van der Waals surface area contributed by atoms with Gasteiger partial charge < -0.3 is 24.2 Å². The number of methoxy groups -OCH3 is 1. The van der Waals surface area contributed by atoms with Crippen molar-refractivity contribution in [3.05, 3.63) is 24.3 Å². The molecule has 8 nitrogen and oxygen atoms in total. The third-order valence-corrected chi connectivity index (χ3v) is 5.71. The van der Waals surface area contributed by atoms with Gasteiger partial charge in [0.1, 0.15) is 0 Å². The molecular formula is C22H31N3O5. The fourth-order valence-electron chi connectivity index (χ4n) is 4.01. The number of carbonyl (C=O) groups excluding carboxylic acids is 3. The lowest BCUT2D eigenvalue weighted by Gasteiger charge is -2.25. The number of hydrogen-bond donors (Lipinski definition) is 0. The summed E-state index contributed by atoms with van der Waals surface area (Å²) in [6, 6.07) is 7.32. The number of rotatable bonds is 6. The maximum absolute atomic E-state index is 12.9. The van der Waals surface area contributed by atoms with Crippen LogP contribution in [0.4, 0.5) is 0 Å². The Bertz CT molecular complexity index is 782. The Morgan fingerprint density at radius 3 is 2.40 bits per heavy atom. The summed E-state index contributed by atoms with van der Waals surface area (Å²) in [5, 5.41) is 0. The number of ether oxygens (including phenoxy) is 2. The van der Waals surface area contributed by atoms with E-state index in [1.54, 1.807) is 33.9 Å². The number of hydrogen-bond acceptors (Lipinski definition) is 5. The molecule has 8 heteroatoms. The molecule has 2 aliphatic heterocycles. The van der Waals surface area contributed by atoms with Crippen molar-refractivity contribution in [2.24, 2.45) is 5.92 Å². The summed E-state index contributed by atoms with van der Waals surface area (Å²) >= 11 is 0. The highest BCUT2D eigenvalue weighted by atomic mass is 16.5. The van der Waals surface area contributed by atoms with Crippen LogP contribution in [0.5, 0.6) is 11.5 Å². The first-order valence-electron chi connectivity index (χ1n) is 10.5. The van der Waals surface area contributed by atoms with Crippen LogP contribution in [0.3, 0.4) is 0 Å². The second kappa shape index (κ2) is 9.82. The summed E-state index contributed by atoms with van der Waals surface area (Å²) in [4.78, 5) is 43.0. The number of para-hydroxylation sites is 2. The zero-order valence-corrected chi connectivity index (χ0v) is 18.0. The highest BCUT2D eigenvalue weighted by Gasteiger charge is 2.37. The minimum Gasteiger partial charge on any atom is -0.493 e. The van der Waals surface area contributed by atoms with E-state index in [0.717, 1.165) is 0 Å². The van der Waals surface area contributed by atoms with Crippen LogP contribution in [-0.2, 0) is 14.4 Å². The molecule has 0 saturated carbocycles. The Morgan fingerprint density at radius 2 is 1.73 bits per heavy atom. The number of benzene rings is 1. The molecule has 1 unspecified atom stereocenters. The maximum atomic E-state index is 12.9. The highest BCUT2D eigenvalue weighted by Crippen LogP contribution is 2.26. The molecule has 1 aromatic carbocycles. The summed E-state index contributed by atoms with van der Waals surface area (Å²) in [6.07, 6.45) is 0.990. The number of likely N-dealkylation sites (tertiary alicyclic amines) is 1. The third kappa shape index (κ3) is 5.04. The Kier molecular flexibility index (Phi) is 7.18. The summed E-state index contributed by atoms with van der Waals surface area (Å²) < 4.78 is 10.9. The van der Waals surface area contributed by atoms with Crippen molar-refractivity contribution in [1.29, 1.82) is 0 Å². The third-order valence-electron chi connectivity index (χ3n) is 5.71. The predicted octanol–water partition coefficient (Wildman–Crippen LogP) is 1.39. The van der Waals surface area contributed by atoms with E-state index in [2.05, 4.69) is 0 Å². The van der Waals surface area contributed by atoms with E-state index >= 15 is 0 Å². The standard InChI is InChI=1S/C22H31N3O5/c1-16(2)25-14-17(13-20(25)26)22(28)24-10-6-9-23(11-12-24)21(27)15-30-19-8-5-4-7-18(19)29-3/h4-5,7-8,16-17H,6,9-15H2,1-3H3. The van der Waals surface area contributed by atoms with E-state index in [9.17, 15) is 14.4 Å². The van der Waals surface area contributed by atoms with Crippen molar-refractivity contribution in [2.45, 2.75) is 32.7 Å². The van der Waals surface area contributed by atoms with Crippen LogP contribution in [0.15, 0.2) is 24.3 Å². The van der Waals surface area contributed by atoms with Crippen LogP contribution in [0.1, 0.15) is 26.7 Å². The Hall–Kier alpha value is -2.77. The molecule has 0 aliphatic carbocycles. The van der Waals surface area contributed by atoms with Crippen molar-refractivity contribution in [1.82, 2.24) is 14.7 Å². The van der Waals surface area contributed by atoms with Gasteiger partial charge in [0, 0.05) is 45.2 Å². The van der Waals surface area contributed by atoms with Gasteiger partial charge in [0.2, 0.25) is 11.8 Å². The van der Waals surface area contributed by atoms with E-state index in [0.29, 0.717) is 50.6 Å². The van der Waals surface area contributed by atoms with Crippen molar-refractivity contribution >= 4 is 17.7 Å². The number of amides is 3. The first-order chi connectivity index (χ1) is 14.4. The smallest absolute Gasteiger partial charge is 0.260 e. The van der Waals surface area contributed by atoms with Gasteiger partial charge in [-0.1, -0.05) is 12.1 Å². The van der Waals surface area contributed by atoms with Crippen LogP contribution < -0.4 is 9.47 Å². The lowest BCUT2D eigenvalue weighted by molar-refractivity contribution is -0.137. The first kappa shape index (κ1) is 21.9. The summed E-state index contributed by atoms with van der Waals surface area (Å²) in [6.45, 7) is 6.47. The lowest BCUT2D eigenvalue weighted by atomic mass is 10.1. The van der Waals surface area contributed by atoms with Crippen LogP contribution in [0.2, 0.25) is 0 Å². The largest absolute Gasteiger partial charge is 0.493 e. The predicted molar refractivity (Wildman–Crippen MR) is 111 cm³/mol.